The molecule has 5 nitrogen and oxygen atoms in total. The Bertz CT molecular complexity index is 448. The quantitative estimate of drug-likeness (QED) is 0.656. The van der Waals surface area contributed by atoms with Crippen molar-refractivity contribution >= 4 is 11.4 Å². The fourth-order valence-electron chi connectivity index (χ4n) is 2.51. The summed E-state index contributed by atoms with van der Waals surface area (Å²) in [6, 6.07) is 5.21. The molecule has 1 aliphatic rings. The van der Waals surface area contributed by atoms with Gasteiger partial charge >= 0.3 is 0 Å². The molecule has 1 heterocycles. The molecule has 1 aromatic carbocycles. The molecule has 0 aromatic heterocycles. The minimum atomic E-state index is -0.325. The molecule has 1 fully saturated rings. The molecule has 98 valence electrons. The highest BCUT2D eigenvalue weighted by molar-refractivity contribution is 5.64. The SMILES string of the molecule is Cc1ccc([N+](=O)[O-])c(N2CCC(CCO)C2)c1. The van der Waals surface area contributed by atoms with E-state index in [1.165, 1.54) is 0 Å². The van der Waals surface area contributed by atoms with Crippen molar-refractivity contribution in [2.24, 2.45) is 5.92 Å². The largest absolute Gasteiger partial charge is 0.396 e. The summed E-state index contributed by atoms with van der Waals surface area (Å²) >= 11 is 0. The van der Waals surface area contributed by atoms with Crippen LogP contribution >= 0.6 is 0 Å². The lowest BCUT2D eigenvalue weighted by Crippen LogP contribution is -2.21. The van der Waals surface area contributed by atoms with Gasteiger partial charge in [0.1, 0.15) is 5.69 Å². The second kappa shape index (κ2) is 5.35. The molecular weight excluding hydrogens is 232 g/mol. The fourth-order valence-corrected chi connectivity index (χ4v) is 2.51. The summed E-state index contributed by atoms with van der Waals surface area (Å²) in [7, 11) is 0. The van der Waals surface area contributed by atoms with Crippen molar-refractivity contribution in [1.29, 1.82) is 0 Å². The summed E-state index contributed by atoms with van der Waals surface area (Å²) < 4.78 is 0. The molecule has 1 unspecified atom stereocenters. The first-order valence-corrected chi connectivity index (χ1v) is 6.22. The fraction of sp³-hybridized carbons (Fsp3) is 0.538. The number of aliphatic hydroxyl groups excluding tert-OH is 1. The molecule has 1 saturated heterocycles. The van der Waals surface area contributed by atoms with Crippen LogP contribution in [0.1, 0.15) is 18.4 Å². The number of hydrogen-bond donors (Lipinski definition) is 1. The molecule has 1 aliphatic heterocycles. The molecular formula is C13H18N2O3. The Balaban J connectivity index is 2.23. The predicted molar refractivity (Wildman–Crippen MR) is 69.9 cm³/mol. The minimum Gasteiger partial charge on any atom is -0.396 e. The molecule has 0 aliphatic carbocycles. The van der Waals surface area contributed by atoms with Gasteiger partial charge in [-0.3, -0.25) is 10.1 Å². The van der Waals surface area contributed by atoms with Crippen LogP contribution in [0, 0.1) is 23.0 Å². The van der Waals surface area contributed by atoms with E-state index in [1.54, 1.807) is 12.1 Å². The molecule has 0 saturated carbocycles. The maximum absolute atomic E-state index is 11.0. The second-order valence-corrected chi connectivity index (χ2v) is 4.86. The lowest BCUT2D eigenvalue weighted by atomic mass is 10.1. The number of benzene rings is 1. The number of aryl methyl sites for hydroxylation is 1. The number of nitrogens with zero attached hydrogens (tertiary/aromatic N) is 2. The molecule has 1 aromatic rings. The molecule has 5 heteroatoms. The number of anilines is 1. The first-order valence-electron chi connectivity index (χ1n) is 6.22. The third-order valence-electron chi connectivity index (χ3n) is 3.49. The van der Waals surface area contributed by atoms with Crippen LogP contribution in [0.4, 0.5) is 11.4 Å². The van der Waals surface area contributed by atoms with Crippen LogP contribution < -0.4 is 4.90 Å². The third-order valence-corrected chi connectivity index (χ3v) is 3.49. The maximum atomic E-state index is 11.0. The van der Waals surface area contributed by atoms with Gasteiger partial charge in [0.15, 0.2) is 0 Å². The van der Waals surface area contributed by atoms with Gasteiger partial charge in [0, 0.05) is 25.8 Å². The number of nitro benzene ring substituents is 1. The van der Waals surface area contributed by atoms with Crippen LogP contribution in [-0.2, 0) is 0 Å². The van der Waals surface area contributed by atoms with E-state index in [0.717, 1.165) is 31.5 Å². The van der Waals surface area contributed by atoms with Crippen LogP contribution in [-0.4, -0.2) is 29.7 Å². The summed E-state index contributed by atoms with van der Waals surface area (Å²) in [5, 5.41) is 20.0. The van der Waals surface area contributed by atoms with Crippen molar-refractivity contribution < 1.29 is 10.0 Å². The average molecular weight is 250 g/mol. The van der Waals surface area contributed by atoms with Crippen LogP contribution in [0.2, 0.25) is 0 Å². The Kier molecular flexibility index (Phi) is 3.81. The number of hydrogen-bond acceptors (Lipinski definition) is 4. The van der Waals surface area contributed by atoms with Crippen LogP contribution in [0.5, 0.6) is 0 Å². The van der Waals surface area contributed by atoms with Crippen molar-refractivity contribution in [2.45, 2.75) is 19.8 Å². The molecule has 0 amide bonds. The second-order valence-electron chi connectivity index (χ2n) is 4.86. The molecule has 18 heavy (non-hydrogen) atoms. The Morgan fingerprint density at radius 1 is 1.56 bits per heavy atom. The van der Waals surface area contributed by atoms with Gasteiger partial charge in [0.25, 0.3) is 5.69 Å². The monoisotopic (exact) mass is 250 g/mol. The van der Waals surface area contributed by atoms with E-state index in [-0.39, 0.29) is 17.2 Å². The Morgan fingerprint density at radius 2 is 2.33 bits per heavy atom. The van der Waals surface area contributed by atoms with Gasteiger partial charge < -0.3 is 10.0 Å². The zero-order chi connectivity index (χ0) is 13.1. The third kappa shape index (κ3) is 2.61. The van der Waals surface area contributed by atoms with Gasteiger partial charge in [-0.15, -0.1) is 0 Å². The maximum Gasteiger partial charge on any atom is 0.292 e. The normalized spacial score (nSPS) is 19.2. The van der Waals surface area contributed by atoms with Gasteiger partial charge in [0.05, 0.1) is 4.92 Å². The van der Waals surface area contributed by atoms with Crippen molar-refractivity contribution in [1.82, 2.24) is 0 Å². The summed E-state index contributed by atoms with van der Waals surface area (Å²) in [5.41, 5.74) is 1.91. The summed E-state index contributed by atoms with van der Waals surface area (Å²) in [4.78, 5) is 12.8. The van der Waals surface area contributed by atoms with Crippen LogP contribution in [0.25, 0.3) is 0 Å². The highest BCUT2D eigenvalue weighted by Crippen LogP contribution is 2.33. The van der Waals surface area contributed by atoms with E-state index in [1.807, 2.05) is 13.0 Å². The summed E-state index contributed by atoms with van der Waals surface area (Å²) in [6.07, 6.45) is 1.77. The predicted octanol–water partition coefficient (Wildman–Crippen LogP) is 2.11. The standard InChI is InChI=1S/C13H18N2O3/c1-10-2-3-12(15(17)18)13(8-10)14-6-4-11(9-14)5-7-16/h2-3,8,11,16H,4-7,9H2,1H3. The Labute approximate surface area is 106 Å². The van der Waals surface area contributed by atoms with E-state index in [0.29, 0.717) is 11.6 Å². The van der Waals surface area contributed by atoms with Gasteiger partial charge in [-0.05, 0) is 37.3 Å². The topological polar surface area (TPSA) is 66.6 Å². The first-order chi connectivity index (χ1) is 8.61. The molecule has 0 spiro atoms. The van der Waals surface area contributed by atoms with Crippen LogP contribution in [0.15, 0.2) is 18.2 Å². The highest BCUT2D eigenvalue weighted by atomic mass is 16.6. The van der Waals surface area contributed by atoms with Crippen LogP contribution in [0.3, 0.4) is 0 Å². The van der Waals surface area contributed by atoms with E-state index < -0.39 is 0 Å². The van der Waals surface area contributed by atoms with E-state index in [2.05, 4.69) is 4.90 Å². The Morgan fingerprint density at radius 3 is 3.00 bits per heavy atom. The molecule has 2 rings (SSSR count). The van der Waals surface area contributed by atoms with Gasteiger partial charge in [-0.1, -0.05) is 6.07 Å². The Hall–Kier alpha value is -1.62. The zero-order valence-electron chi connectivity index (χ0n) is 10.5. The number of nitro groups is 1. The lowest BCUT2D eigenvalue weighted by Gasteiger charge is -2.19. The van der Waals surface area contributed by atoms with Gasteiger partial charge in [-0.2, -0.15) is 0 Å². The molecule has 0 bridgehead atoms. The zero-order valence-corrected chi connectivity index (χ0v) is 10.5. The van der Waals surface area contributed by atoms with Gasteiger partial charge in [0.2, 0.25) is 0 Å². The summed E-state index contributed by atoms with van der Waals surface area (Å²) in [5.74, 6) is 0.440. The van der Waals surface area contributed by atoms with Gasteiger partial charge in [-0.25, -0.2) is 0 Å². The summed E-state index contributed by atoms with van der Waals surface area (Å²) in [6.45, 7) is 3.75. The van der Waals surface area contributed by atoms with E-state index in [9.17, 15) is 10.1 Å². The molecule has 1 atom stereocenters. The molecule has 1 N–H and O–H groups in total. The number of aliphatic hydroxyl groups is 1. The first kappa shape index (κ1) is 12.8. The average Bonchev–Trinajstić information content (AvgIpc) is 2.77. The molecule has 0 radical (unpaired) electrons. The highest BCUT2D eigenvalue weighted by Gasteiger charge is 2.27. The van der Waals surface area contributed by atoms with E-state index in [4.69, 9.17) is 5.11 Å². The number of rotatable bonds is 4. The van der Waals surface area contributed by atoms with Crippen molar-refractivity contribution in [2.75, 3.05) is 24.6 Å². The van der Waals surface area contributed by atoms with Crippen molar-refractivity contribution in [3.05, 3.63) is 33.9 Å². The van der Waals surface area contributed by atoms with E-state index >= 15 is 0 Å². The van der Waals surface area contributed by atoms with Crippen molar-refractivity contribution in [3.63, 3.8) is 0 Å². The lowest BCUT2D eigenvalue weighted by molar-refractivity contribution is -0.384. The van der Waals surface area contributed by atoms with Crippen molar-refractivity contribution in [3.8, 4) is 0 Å². The smallest absolute Gasteiger partial charge is 0.292 e. The minimum absolute atomic E-state index is 0.172.